The van der Waals surface area contributed by atoms with Crippen LogP contribution in [0.2, 0.25) is 5.02 Å². The Morgan fingerprint density at radius 1 is 1.25 bits per heavy atom. The van der Waals surface area contributed by atoms with Gasteiger partial charge >= 0.3 is 0 Å². The van der Waals surface area contributed by atoms with Gasteiger partial charge in [0.1, 0.15) is 10.5 Å². The van der Waals surface area contributed by atoms with Gasteiger partial charge in [-0.25, -0.2) is 0 Å². The van der Waals surface area contributed by atoms with Gasteiger partial charge in [0.15, 0.2) is 3.95 Å². The summed E-state index contributed by atoms with van der Waals surface area (Å²) in [7, 11) is 0. The maximum atomic E-state index is 12.7. The second kappa shape index (κ2) is 7.79. The standard InChI is InChI=1S/C19H13BrClN3O2S2/c20-11-3-6-14-13(9-11)17(25)23-16-15(28-19(27)24(14)16)18(26)22-8-7-10-1-4-12(21)5-2-10/h1-6,9H,7-8H2,(H,22,26)(H,23,25). The van der Waals surface area contributed by atoms with Crippen molar-refractivity contribution in [3.8, 4) is 0 Å². The number of carbonyl (C=O) groups excluding carboxylic acids is 1. The van der Waals surface area contributed by atoms with Crippen LogP contribution in [0.5, 0.6) is 0 Å². The molecule has 142 valence electrons. The minimum atomic E-state index is -0.265. The smallest absolute Gasteiger partial charge is 0.265 e. The number of aromatic amines is 1. The number of hydrogen-bond donors (Lipinski definition) is 2. The number of amides is 1. The topological polar surface area (TPSA) is 66.4 Å². The Kier molecular flexibility index (Phi) is 5.37. The Morgan fingerprint density at radius 2 is 2.00 bits per heavy atom. The molecule has 0 saturated heterocycles. The molecule has 28 heavy (non-hydrogen) atoms. The molecule has 9 heteroatoms. The molecule has 0 bridgehead atoms. The van der Waals surface area contributed by atoms with Gasteiger partial charge in [0.25, 0.3) is 11.5 Å². The highest BCUT2D eigenvalue weighted by molar-refractivity contribution is 9.10. The van der Waals surface area contributed by atoms with Gasteiger partial charge in [0.05, 0.1) is 10.9 Å². The maximum Gasteiger partial charge on any atom is 0.265 e. The van der Waals surface area contributed by atoms with Crippen LogP contribution in [0.25, 0.3) is 16.6 Å². The molecule has 2 aromatic carbocycles. The van der Waals surface area contributed by atoms with Crippen LogP contribution in [-0.4, -0.2) is 21.8 Å². The highest BCUT2D eigenvalue weighted by Crippen LogP contribution is 2.24. The molecule has 0 saturated carbocycles. The fourth-order valence-electron chi connectivity index (χ4n) is 2.97. The third-order valence-corrected chi connectivity index (χ3v) is 6.42. The monoisotopic (exact) mass is 493 g/mol. The quantitative estimate of drug-likeness (QED) is 0.394. The van der Waals surface area contributed by atoms with Crippen LogP contribution >= 0.6 is 51.1 Å². The van der Waals surface area contributed by atoms with Crippen molar-refractivity contribution in [2.75, 3.05) is 6.54 Å². The highest BCUT2D eigenvalue weighted by atomic mass is 79.9. The van der Waals surface area contributed by atoms with Gasteiger partial charge in [0.2, 0.25) is 0 Å². The molecule has 2 aromatic heterocycles. The summed E-state index contributed by atoms with van der Waals surface area (Å²) in [5.41, 5.74) is 1.89. The van der Waals surface area contributed by atoms with Gasteiger partial charge < -0.3 is 10.3 Å². The normalized spacial score (nSPS) is 11.2. The van der Waals surface area contributed by atoms with Crippen molar-refractivity contribution in [1.82, 2.24) is 14.7 Å². The number of benzene rings is 2. The van der Waals surface area contributed by atoms with Crippen LogP contribution in [-0.2, 0) is 6.42 Å². The van der Waals surface area contributed by atoms with Crippen molar-refractivity contribution < 1.29 is 4.79 Å². The predicted molar refractivity (Wildman–Crippen MR) is 119 cm³/mol. The van der Waals surface area contributed by atoms with E-state index in [1.807, 2.05) is 36.4 Å². The Balaban J connectivity index is 1.65. The van der Waals surface area contributed by atoms with Crippen molar-refractivity contribution in [2.45, 2.75) is 6.42 Å². The molecule has 0 unspecified atom stereocenters. The molecule has 0 spiro atoms. The first-order chi connectivity index (χ1) is 13.4. The van der Waals surface area contributed by atoms with E-state index in [0.29, 0.717) is 43.4 Å². The summed E-state index contributed by atoms with van der Waals surface area (Å²) in [6, 6.07) is 12.9. The van der Waals surface area contributed by atoms with Gasteiger partial charge in [-0.3, -0.25) is 14.0 Å². The number of nitrogens with one attached hydrogen (secondary N) is 2. The minimum Gasteiger partial charge on any atom is -0.351 e. The fourth-order valence-corrected chi connectivity index (χ4v) is 4.76. The molecule has 0 radical (unpaired) electrons. The van der Waals surface area contributed by atoms with E-state index in [-0.39, 0.29) is 11.5 Å². The number of fused-ring (bicyclic) bond motifs is 3. The van der Waals surface area contributed by atoms with E-state index in [4.69, 9.17) is 23.8 Å². The van der Waals surface area contributed by atoms with E-state index < -0.39 is 0 Å². The first-order valence-electron chi connectivity index (χ1n) is 8.34. The van der Waals surface area contributed by atoms with Gasteiger partial charge in [-0.05, 0) is 54.5 Å². The number of nitrogens with zero attached hydrogens (tertiary/aromatic N) is 1. The van der Waals surface area contributed by atoms with Gasteiger partial charge in [-0.15, -0.1) is 0 Å². The second-order valence-electron chi connectivity index (χ2n) is 6.13. The zero-order chi connectivity index (χ0) is 19.8. The van der Waals surface area contributed by atoms with Crippen LogP contribution < -0.4 is 10.9 Å². The van der Waals surface area contributed by atoms with Crippen molar-refractivity contribution in [3.05, 3.63) is 76.7 Å². The second-order valence-corrected chi connectivity index (χ2v) is 9.13. The molecule has 2 heterocycles. The van der Waals surface area contributed by atoms with E-state index in [1.165, 1.54) is 11.3 Å². The molecule has 0 aliphatic heterocycles. The van der Waals surface area contributed by atoms with E-state index in [2.05, 4.69) is 26.2 Å². The SMILES string of the molecule is O=C(NCCc1ccc(Cl)cc1)c1sc(=S)n2c1[nH]c(=O)c1cc(Br)ccc12. The third-order valence-electron chi connectivity index (χ3n) is 4.31. The number of H-pyrrole nitrogens is 1. The van der Waals surface area contributed by atoms with Gasteiger partial charge in [-0.2, -0.15) is 0 Å². The summed E-state index contributed by atoms with van der Waals surface area (Å²) in [6.07, 6.45) is 0.674. The lowest BCUT2D eigenvalue weighted by atomic mass is 10.1. The molecule has 0 aliphatic carbocycles. The average Bonchev–Trinajstić information content (AvgIpc) is 3.00. The van der Waals surface area contributed by atoms with Crippen LogP contribution in [0.15, 0.2) is 51.7 Å². The minimum absolute atomic E-state index is 0.264. The summed E-state index contributed by atoms with van der Waals surface area (Å²) < 4.78 is 3.03. The number of thiazole rings is 1. The Hall–Kier alpha value is -2.00. The van der Waals surface area contributed by atoms with E-state index in [0.717, 1.165) is 10.0 Å². The first kappa shape index (κ1) is 19.3. The highest BCUT2D eigenvalue weighted by Gasteiger charge is 2.17. The summed E-state index contributed by atoms with van der Waals surface area (Å²) in [5, 5.41) is 4.08. The van der Waals surface area contributed by atoms with E-state index in [9.17, 15) is 9.59 Å². The van der Waals surface area contributed by atoms with Crippen LogP contribution in [0.4, 0.5) is 0 Å². The first-order valence-corrected chi connectivity index (χ1v) is 10.7. The van der Waals surface area contributed by atoms with Crippen LogP contribution in [0.1, 0.15) is 15.2 Å². The van der Waals surface area contributed by atoms with Crippen LogP contribution in [0.3, 0.4) is 0 Å². The lowest BCUT2D eigenvalue weighted by Crippen LogP contribution is -2.25. The van der Waals surface area contributed by atoms with E-state index >= 15 is 0 Å². The Morgan fingerprint density at radius 3 is 2.75 bits per heavy atom. The summed E-state index contributed by atoms with van der Waals surface area (Å²) in [6.45, 7) is 0.460. The summed E-state index contributed by atoms with van der Waals surface area (Å²) in [5.74, 6) is -0.264. The molecule has 0 aliphatic rings. The van der Waals surface area contributed by atoms with Crippen LogP contribution in [0, 0.1) is 3.95 Å². The summed E-state index contributed by atoms with van der Waals surface area (Å²) >= 11 is 15.9. The number of carbonyl (C=O) groups is 1. The molecule has 2 N–H and O–H groups in total. The molecule has 4 aromatic rings. The molecular weight excluding hydrogens is 482 g/mol. The predicted octanol–water partition coefficient (Wildman–Crippen LogP) is 4.96. The number of hydrogen-bond acceptors (Lipinski definition) is 4. The van der Waals surface area contributed by atoms with Gasteiger partial charge in [-0.1, -0.05) is 51.0 Å². The zero-order valence-electron chi connectivity index (χ0n) is 14.3. The van der Waals surface area contributed by atoms with Crippen molar-refractivity contribution in [2.24, 2.45) is 0 Å². The molecule has 4 rings (SSSR count). The fraction of sp³-hybridized carbons (Fsp3) is 0.105. The Labute approximate surface area is 182 Å². The molecule has 0 fully saturated rings. The number of aromatic nitrogens is 2. The zero-order valence-corrected chi connectivity index (χ0v) is 18.3. The summed E-state index contributed by atoms with van der Waals surface area (Å²) in [4.78, 5) is 28.4. The average molecular weight is 495 g/mol. The van der Waals surface area contributed by atoms with E-state index in [1.54, 1.807) is 10.5 Å². The van der Waals surface area contributed by atoms with Gasteiger partial charge in [0, 0.05) is 16.0 Å². The lowest BCUT2D eigenvalue weighted by molar-refractivity contribution is 0.0959. The number of rotatable bonds is 4. The van der Waals surface area contributed by atoms with Crippen molar-refractivity contribution >= 4 is 73.5 Å². The third kappa shape index (κ3) is 3.65. The maximum absolute atomic E-state index is 12.7. The lowest BCUT2D eigenvalue weighted by Gasteiger charge is -2.06. The number of halogens is 2. The molecular formula is C19H13BrClN3O2S2. The van der Waals surface area contributed by atoms with Crippen molar-refractivity contribution in [3.63, 3.8) is 0 Å². The molecule has 1 amide bonds. The molecule has 5 nitrogen and oxygen atoms in total. The Bertz CT molecular complexity index is 1330. The molecule has 0 atom stereocenters. The van der Waals surface area contributed by atoms with Crippen molar-refractivity contribution in [1.29, 1.82) is 0 Å². The largest absolute Gasteiger partial charge is 0.351 e.